The summed E-state index contributed by atoms with van der Waals surface area (Å²) in [5, 5.41) is 8.07. The van der Waals surface area contributed by atoms with Crippen LogP contribution < -0.4 is 5.32 Å². The minimum atomic E-state index is 0.572. The number of nitrogens with zero attached hydrogens (tertiary/aromatic N) is 2. The summed E-state index contributed by atoms with van der Waals surface area (Å²) in [5.74, 6) is 0.965. The van der Waals surface area contributed by atoms with Gasteiger partial charge in [-0.25, -0.2) is 0 Å². The molecule has 1 fully saturated rings. The van der Waals surface area contributed by atoms with Crippen LogP contribution in [-0.4, -0.2) is 16.3 Å². The molecule has 1 unspecified atom stereocenters. The van der Waals surface area contributed by atoms with Gasteiger partial charge in [-0.05, 0) is 44.6 Å². The predicted octanol–water partition coefficient (Wildman–Crippen LogP) is 1.80. The highest BCUT2D eigenvalue weighted by atomic mass is 15.3. The van der Waals surface area contributed by atoms with Crippen molar-refractivity contribution in [2.75, 3.05) is 6.54 Å². The van der Waals surface area contributed by atoms with Gasteiger partial charge in [-0.3, -0.25) is 4.68 Å². The first-order valence-corrected chi connectivity index (χ1v) is 6.09. The summed E-state index contributed by atoms with van der Waals surface area (Å²) in [6.07, 6.45) is 8.70. The maximum Gasteiger partial charge on any atom is 0.0540 e. The maximum absolute atomic E-state index is 4.37. The fourth-order valence-corrected chi connectivity index (χ4v) is 2.55. The molecule has 0 bridgehead atoms. The van der Waals surface area contributed by atoms with Crippen LogP contribution in [0.4, 0.5) is 0 Å². The highest BCUT2D eigenvalue weighted by Crippen LogP contribution is 2.32. The Morgan fingerprint density at radius 3 is 3.13 bits per heavy atom. The average Bonchev–Trinajstić information content (AvgIpc) is 3.01. The molecule has 1 saturated carbocycles. The molecular formula is C12H19N3. The third-order valence-corrected chi connectivity index (χ3v) is 3.73. The topological polar surface area (TPSA) is 29.9 Å². The van der Waals surface area contributed by atoms with Crippen molar-refractivity contribution in [1.29, 1.82) is 0 Å². The summed E-state index contributed by atoms with van der Waals surface area (Å²) in [7, 11) is 2.06. The summed E-state index contributed by atoms with van der Waals surface area (Å²) < 4.78 is 2.04. The normalized spacial score (nSPS) is 25.3. The van der Waals surface area contributed by atoms with E-state index >= 15 is 0 Å². The van der Waals surface area contributed by atoms with Gasteiger partial charge in [-0.15, -0.1) is 0 Å². The molecule has 0 amide bonds. The highest BCUT2D eigenvalue weighted by Gasteiger charge is 2.26. The number of rotatable bonds is 3. The molecular weight excluding hydrogens is 186 g/mol. The fourth-order valence-electron chi connectivity index (χ4n) is 2.55. The van der Waals surface area contributed by atoms with Crippen molar-refractivity contribution >= 4 is 0 Å². The van der Waals surface area contributed by atoms with Gasteiger partial charge < -0.3 is 5.32 Å². The maximum atomic E-state index is 4.37. The molecule has 2 aliphatic carbocycles. The third-order valence-electron chi connectivity index (χ3n) is 3.73. The smallest absolute Gasteiger partial charge is 0.0540 e. The first kappa shape index (κ1) is 9.40. The molecule has 1 aromatic rings. The molecule has 3 rings (SSSR count). The van der Waals surface area contributed by atoms with E-state index in [4.69, 9.17) is 0 Å². The zero-order chi connectivity index (χ0) is 10.3. The van der Waals surface area contributed by atoms with Crippen LogP contribution in [-0.2, 0) is 13.5 Å². The van der Waals surface area contributed by atoms with Crippen molar-refractivity contribution in [1.82, 2.24) is 15.1 Å². The van der Waals surface area contributed by atoms with Gasteiger partial charge in [0.1, 0.15) is 0 Å². The molecule has 1 aromatic heterocycles. The summed E-state index contributed by atoms with van der Waals surface area (Å²) in [5.41, 5.74) is 2.89. The van der Waals surface area contributed by atoms with E-state index in [-0.39, 0.29) is 0 Å². The Bertz CT molecular complexity index is 352. The molecule has 1 N–H and O–H groups in total. The number of aromatic nitrogens is 2. The van der Waals surface area contributed by atoms with Gasteiger partial charge in [-0.1, -0.05) is 0 Å². The van der Waals surface area contributed by atoms with Crippen LogP contribution in [0, 0.1) is 5.92 Å². The van der Waals surface area contributed by atoms with Gasteiger partial charge in [0.25, 0.3) is 0 Å². The van der Waals surface area contributed by atoms with Crippen molar-refractivity contribution in [3.63, 3.8) is 0 Å². The number of hydrogen-bond acceptors (Lipinski definition) is 2. The van der Waals surface area contributed by atoms with Crippen LogP contribution in [0.2, 0.25) is 0 Å². The molecule has 1 heterocycles. The van der Waals surface area contributed by atoms with E-state index in [1.807, 2.05) is 4.68 Å². The van der Waals surface area contributed by atoms with Crippen LogP contribution in [0.5, 0.6) is 0 Å². The van der Waals surface area contributed by atoms with E-state index in [1.54, 1.807) is 0 Å². The Labute approximate surface area is 90.9 Å². The van der Waals surface area contributed by atoms with Gasteiger partial charge in [0.2, 0.25) is 0 Å². The standard InChI is InChI=1S/C12H19N3/c1-15-12-4-2-3-11(10(12)8-14-15)13-7-9-5-6-9/h8-9,11,13H,2-7H2,1H3. The van der Waals surface area contributed by atoms with E-state index < -0.39 is 0 Å². The lowest BCUT2D eigenvalue weighted by Crippen LogP contribution is -2.26. The molecule has 1 atom stereocenters. The molecule has 3 nitrogen and oxygen atoms in total. The average molecular weight is 205 g/mol. The quantitative estimate of drug-likeness (QED) is 0.815. The summed E-state index contributed by atoms with van der Waals surface area (Å²) in [6, 6.07) is 0.572. The van der Waals surface area contributed by atoms with Crippen LogP contribution in [0.15, 0.2) is 6.20 Å². The zero-order valence-electron chi connectivity index (χ0n) is 9.37. The fraction of sp³-hybridized carbons (Fsp3) is 0.750. The Morgan fingerprint density at radius 2 is 2.33 bits per heavy atom. The van der Waals surface area contributed by atoms with E-state index in [0.717, 1.165) is 5.92 Å². The molecule has 3 heteroatoms. The Hall–Kier alpha value is -0.830. The Kier molecular flexibility index (Phi) is 2.28. The number of aryl methyl sites for hydroxylation is 1. The van der Waals surface area contributed by atoms with Crippen molar-refractivity contribution in [2.45, 2.75) is 38.1 Å². The summed E-state index contributed by atoms with van der Waals surface area (Å²) in [6.45, 7) is 1.21. The summed E-state index contributed by atoms with van der Waals surface area (Å²) in [4.78, 5) is 0. The molecule has 82 valence electrons. The molecule has 0 aliphatic heterocycles. The second kappa shape index (κ2) is 3.63. The molecule has 0 saturated heterocycles. The van der Waals surface area contributed by atoms with E-state index in [2.05, 4.69) is 23.7 Å². The van der Waals surface area contributed by atoms with E-state index in [0.29, 0.717) is 6.04 Å². The zero-order valence-corrected chi connectivity index (χ0v) is 9.37. The minimum absolute atomic E-state index is 0.572. The second-order valence-electron chi connectivity index (χ2n) is 4.97. The number of fused-ring (bicyclic) bond motifs is 1. The van der Waals surface area contributed by atoms with Crippen molar-refractivity contribution in [2.24, 2.45) is 13.0 Å². The van der Waals surface area contributed by atoms with Gasteiger partial charge in [0, 0.05) is 24.3 Å². The van der Waals surface area contributed by atoms with Gasteiger partial charge >= 0.3 is 0 Å². The van der Waals surface area contributed by atoms with E-state index in [1.165, 1.54) is 49.9 Å². The molecule has 0 spiro atoms. The third kappa shape index (κ3) is 1.81. The van der Waals surface area contributed by atoms with Crippen molar-refractivity contribution < 1.29 is 0 Å². The van der Waals surface area contributed by atoms with Gasteiger partial charge in [0.15, 0.2) is 0 Å². The molecule has 0 aromatic carbocycles. The lowest BCUT2D eigenvalue weighted by Gasteiger charge is -2.23. The monoisotopic (exact) mass is 205 g/mol. The van der Waals surface area contributed by atoms with Crippen molar-refractivity contribution in [3.05, 3.63) is 17.5 Å². The highest BCUT2D eigenvalue weighted by molar-refractivity contribution is 5.24. The Morgan fingerprint density at radius 1 is 1.47 bits per heavy atom. The first-order valence-electron chi connectivity index (χ1n) is 6.09. The second-order valence-corrected chi connectivity index (χ2v) is 4.97. The molecule has 0 radical (unpaired) electrons. The largest absolute Gasteiger partial charge is 0.310 e. The minimum Gasteiger partial charge on any atom is -0.310 e. The number of nitrogens with one attached hydrogen (secondary N) is 1. The number of hydrogen-bond donors (Lipinski definition) is 1. The van der Waals surface area contributed by atoms with Crippen LogP contribution in [0.1, 0.15) is 43.0 Å². The van der Waals surface area contributed by atoms with Gasteiger partial charge in [-0.2, -0.15) is 5.10 Å². The van der Waals surface area contributed by atoms with E-state index in [9.17, 15) is 0 Å². The Balaban J connectivity index is 1.73. The first-order chi connectivity index (χ1) is 7.34. The molecule has 15 heavy (non-hydrogen) atoms. The van der Waals surface area contributed by atoms with Crippen LogP contribution in [0.3, 0.4) is 0 Å². The summed E-state index contributed by atoms with van der Waals surface area (Å²) >= 11 is 0. The van der Waals surface area contributed by atoms with Gasteiger partial charge in [0.05, 0.1) is 6.20 Å². The lowest BCUT2D eigenvalue weighted by atomic mass is 9.93. The SMILES string of the molecule is Cn1ncc2c1CCCC2NCC1CC1. The van der Waals surface area contributed by atoms with Crippen LogP contribution >= 0.6 is 0 Å². The lowest BCUT2D eigenvalue weighted by molar-refractivity contribution is 0.444. The predicted molar refractivity (Wildman–Crippen MR) is 59.6 cm³/mol. The van der Waals surface area contributed by atoms with Crippen LogP contribution in [0.25, 0.3) is 0 Å². The van der Waals surface area contributed by atoms with Crippen molar-refractivity contribution in [3.8, 4) is 0 Å². The molecule has 2 aliphatic rings.